The Morgan fingerprint density at radius 3 is 2.90 bits per heavy atom. The second kappa shape index (κ2) is 6.46. The van der Waals surface area contributed by atoms with Crippen LogP contribution in [0.4, 0.5) is 11.4 Å². The lowest BCUT2D eigenvalue weighted by atomic mass is 10.1. The van der Waals surface area contributed by atoms with Crippen molar-refractivity contribution in [2.45, 2.75) is 13.5 Å². The number of carbonyl (C=O) groups is 1. The Balaban J connectivity index is 2.20. The van der Waals surface area contributed by atoms with Crippen molar-refractivity contribution in [3.63, 3.8) is 0 Å². The van der Waals surface area contributed by atoms with Gasteiger partial charge in [0.1, 0.15) is 17.7 Å². The minimum absolute atomic E-state index is 0.00188. The number of aromatic amines is 1. The van der Waals surface area contributed by atoms with Gasteiger partial charge in [-0.1, -0.05) is 0 Å². The van der Waals surface area contributed by atoms with E-state index in [0.717, 1.165) is 0 Å². The maximum atomic E-state index is 12.1. The zero-order valence-corrected chi connectivity index (χ0v) is 11.3. The Morgan fingerprint density at radius 1 is 1.48 bits per heavy atom. The second-order valence-corrected chi connectivity index (χ2v) is 4.13. The summed E-state index contributed by atoms with van der Waals surface area (Å²) in [6, 6.07) is 4.33. The largest absolute Gasteiger partial charge is 0.385 e. The number of hydrogen-bond donors (Lipinski definition) is 3. The highest BCUT2D eigenvalue weighted by molar-refractivity contribution is 5.99. The van der Waals surface area contributed by atoms with E-state index in [-0.39, 0.29) is 17.8 Å². The molecule has 0 radical (unpaired) electrons. The van der Waals surface area contributed by atoms with E-state index >= 15 is 0 Å². The minimum atomic E-state index is -0.584. The Kier molecular flexibility index (Phi) is 4.44. The first-order valence-electron chi connectivity index (χ1n) is 6.26. The zero-order valence-electron chi connectivity index (χ0n) is 11.3. The van der Waals surface area contributed by atoms with Crippen molar-refractivity contribution >= 4 is 17.3 Å². The first kappa shape index (κ1) is 14.4. The number of rotatable bonds is 6. The number of anilines is 1. The molecule has 0 bridgehead atoms. The monoisotopic (exact) mass is 290 g/mol. The maximum Gasteiger partial charge on any atom is 0.282 e. The third-order valence-electron chi connectivity index (χ3n) is 2.70. The highest BCUT2D eigenvalue weighted by atomic mass is 16.6. The fourth-order valence-electron chi connectivity index (χ4n) is 1.77. The number of aromatic nitrogens is 3. The molecular formula is C12H14N6O3. The van der Waals surface area contributed by atoms with Gasteiger partial charge in [0.15, 0.2) is 0 Å². The summed E-state index contributed by atoms with van der Waals surface area (Å²) in [6.45, 7) is 2.66. The Morgan fingerprint density at radius 2 is 2.29 bits per heavy atom. The van der Waals surface area contributed by atoms with Gasteiger partial charge in [-0.05, 0) is 19.1 Å². The van der Waals surface area contributed by atoms with Gasteiger partial charge in [0.25, 0.3) is 11.6 Å². The number of nitro benzene ring substituents is 1. The molecule has 2 rings (SSSR count). The average Bonchev–Trinajstić information content (AvgIpc) is 2.98. The van der Waals surface area contributed by atoms with Crippen LogP contribution in [0, 0.1) is 10.1 Å². The summed E-state index contributed by atoms with van der Waals surface area (Å²) in [4.78, 5) is 26.4. The summed E-state index contributed by atoms with van der Waals surface area (Å²) < 4.78 is 0. The van der Waals surface area contributed by atoms with Gasteiger partial charge in [-0.2, -0.15) is 5.10 Å². The molecule has 110 valence electrons. The van der Waals surface area contributed by atoms with Crippen LogP contribution in [0.1, 0.15) is 23.1 Å². The van der Waals surface area contributed by atoms with Crippen molar-refractivity contribution in [3.05, 3.63) is 46.0 Å². The van der Waals surface area contributed by atoms with Gasteiger partial charge in [-0.15, -0.1) is 0 Å². The number of H-pyrrole nitrogens is 1. The summed E-state index contributed by atoms with van der Waals surface area (Å²) in [5.74, 6) is -0.0771. The highest BCUT2D eigenvalue weighted by Crippen LogP contribution is 2.22. The zero-order chi connectivity index (χ0) is 15.2. The summed E-state index contributed by atoms with van der Waals surface area (Å²) in [7, 11) is 0. The smallest absolute Gasteiger partial charge is 0.282 e. The van der Waals surface area contributed by atoms with Crippen LogP contribution >= 0.6 is 0 Å². The number of nitrogens with one attached hydrogen (secondary N) is 3. The minimum Gasteiger partial charge on any atom is -0.385 e. The average molecular weight is 290 g/mol. The Labute approximate surface area is 119 Å². The fraction of sp³-hybridized carbons (Fsp3) is 0.250. The molecule has 1 amide bonds. The summed E-state index contributed by atoms with van der Waals surface area (Å²) in [5, 5.41) is 22.8. The summed E-state index contributed by atoms with van der Waals surface area (Å²) in [6.07, 6.45) is 1.32. The van der Waals surface area contributed by atoms with Gasteiger partial charge >= 0.3 is 0 Å². The standard InChI is InChI=1S/C12H14N6O3/c1-2-13-8-3-4-10(18(20)21)9(5-8)12(19)14-6-11-15-7-16-17-11/h3-5,7,13H,2,6H2,1H3,(H,14,19)(H,15,16,17). The van der Waals surface area contributed by atoms with E-state index in [1.165, 1.54) is 18.5 Å². The van der Waals surface area contributed by atoms with Gasteiger partial charge in [-0.25, -0.2) is 4.98 Å². The van der Waals surface area contributed by atoms with E-state index in [1.807, 2.05) is 6.92 Å². The number of amides is 1. The molecular weight excluding hydrogens is 276 g/mol. The second-order valence-electron chi connectivity index (χ2n) is 4.13. The lowest BCUT2D eigenvalue weighted by Crippen LogP contribution is -2.24. The van der Waals surface area contributed by atoms with Crippen LogP contribution in [0.5, 0.6) is 0 Å². The number of nitrogens with zero attached hydrogens (tertiary/aromatic N) is 3. The van der Waals surface area contributed by atoms with E-state index in [4.69, 9.17) is 0 Å². The first-order valence-corrected chi connectivity index (χ1v) is 6.26. The van der Waals surface area contributed by atoms with Crippen LogP contribution in [0.15, 0.2) is 24.5 Å². The quantitative estimate of drug-likeness (QED) is 0.539. The van der Waals surface area contributed by atoms with Crippen molar-refractivity contribution in [3.8, 4) is 0 Å². The number of benzene rings is 1. The molecule has 9 nitrogen and oxygen atoms in total. The molecule has 2 aromatic rings. The number of carbonyl (C=O) groups excluding carboxylic acids is 1. The molecule has 0 aliphatic carbocycles. The maximum absolute atomic E-state index is 12.1. The molecule has 0 atom stereocenters. The van der Waals surface area contributed by atoms with Gasteiger partial charge in [0.05, 0.1) is 11.5 Å². The molecule has 9 heteroatoms. The molecule has 0 spiro atoms. The van der Waals surface area contributed by atoms with Gasteiger partial charge in [-0.3, -0.25) is 20.0 Å². The molecule has 0 fully saturated rings. The third-order valence-corrected chi connectivity index (χ3v) is 2.70. The van der Waals surface area contributed by atoms with Crippen LogP contribution in [0.2, 0.25) is 0 Å². The molecule has 0 aliphatic rings. The van der Waals surface area contributed by atoms with E-state index in [9.17, 15) is 14.9 Å². The van der Waals surface area contributed by atoms with Crippen LogP contribution in [0.25, 0.3) is 0 Å². The van der Waals surface area contributed by atoms with Crippen LogP contribution < -0.4 is 10.6 Å². The molecule has 0 aliphatic heterocycles. The SMILES string of the molecule is CCNc1ccc([N+](=O)[O-])c(C(=O)NCc2ncn[nH]2)c1. The predicted molar refractivity (Wildman–Crippen MR) is 74.8 cm³/mol. The fourth-order valence-corrected chi connectivity index (χ4v) is 1.77. The number of nitro groups is 1. The van der Waals surface area contributed by atoms with E-state index in [2.05, 4.69) is 25.8 Å². The molecule has 0 saturated carbocycles. The van der Waals surface area contributed by atoms with Gasteiger partial charge < -0.3 is 10.6 Å². The highest BCUT2D eigenvalue weighted by Gasteiger charge is 2.20. The molecule has 1 heterocycles. The van der Waals surface area contributed by atoms with Crippen molar-refractivity contribution in [1.29, 1.82) is 0 Å². The van der Waals surface area contributed by atoms with Crippen LogP contribution in [-0.4, -0.2) is 32.6 Å². The Hall–Kier alpha value is -2.97. The normalized spacial score (nSPS) is 10.1. The predicted octanol–water partition coefficient (Wildman–Crippen LogP) is 1.07. The van der Waals surface area contributed by atoms with E-state index < -0.39 is 10.8 Å². The molecule has 3 N–H and O–H groups in total. The molecule has 21 heavy (non-hydrogen) atoms. The third kappa shape index (κ3) is 3.53. The van der Waals surface area contributed by atoms with Crippen molar-refractivity contribution < 1.29 is 9.72 Å². The number of hydrogen-bond acceptors (Lipinski definition) is 6. The molecule has 0 unspecified atom stereocenters. The van der Waals surface area contributed by atoms with Gasteiger partial charge in [0, 0.05) is 18.3 Å². The molecule has 0 saturated heterocycles. The van der Waals surface area contributed by atoms with Crippen molar-refractivity contribution in [2.24, 2.45) is 0 Å². The molecule has 1 aromatic heterocycles. The van der Waals surface area contributed by atoms with Crippen LogP contribution in [-0.2, 0) is 6.54 Å². The van der Waals surface area contributed by atoms with Gasteiger partial charge in [0.2, 0.25) is 0 Å². The molecule has 1 aromatic carbocycles. The topological polar surface area (TPSA) is 126 Å². The van der Waals surface area contributed by atoms with Crippen molar-refractivity contribution in [1.82, 2.24) is 20.5 Å². The van der Waals surface area contributed by atoms with Crippen LogP contribution in [0.3, 0.4) is 0 Å². The lowest BCUT2D eigenvalue weighted by Gasteiger charge is -2.07. The first-order chi connectivity index (χ1) is 10.1. The summed E-state index contributed by atoms with van der Waals surface area (Å²) >= 11 is 0. The van der Waals surface area contributed by atoms with E-state index in [1.54, 1.807) is 6.07 Å². The Bertz CT molecular complexity index is 640. The van der Waals surface area contributed by atoms with E-state index in [0.29, 0.717) is 18.1 Å². The summed E-state index contributed by atoms with van der Waals surface area (Å²) in [5.41, 5.74) is 0.401. The van der Waals surface area contributed by atoms with Crippen molar-refractivity contribution in [2.75, 3.05) is 11.9 Å². The lowest BCUT2D eigenvalue weighted by molar-refractivity contribution is -0.385.